The number of aliphatic hydroxyl groups excluding tert-OH is 1. The standard InChI is InChI=1S/C19H28N4O2S/c1-14-8-10-23(11-9-14)12-16(24)13-26-19-21-20-18(22(19)2)15-4-6-17(25-3)7-5-15/h4-7,14,16,24H,8-13H2,1-3H3. The van der Waals surface area contributed by atoms with Gasteiger partial charge >= 0.3 is 0 Å². The molecule has 0 amide bonds. The fourth-order valence-electron chi connectivity index (χ4n) is 3.20. The van der Waals surface area contributed by atoms with Crippen LogP contribution >= 0.6 is 11.8 Å². The average molecular weight is 377 g/mol. The molecule has 7 heteroatoms. The molecule has 3 rings (SSSR count). The van der Waals surface area contributed by atoms with Gasteiger partial charge in [-0.3, -0.25) is 0 Å². The van der Waals surface area contributed by atoms with E-state index < -0.39 is 0 Å². The van der Waals surface area contributed by atoms with Crippen molar-refractivity contribution in [3.05, 3.63) is 24.3 Å². The van der Waals surface area contributed by atoms with Crippen LogP contribution in [0.1, 0.15) is 19.8 Å². The SMILES string of the molecule is COc1ccc(-c2nnc(SCC(O)CN3CCC(C)CC3)n2C)cc1. The number of β-amino-alcohol motifs (C(OH)–C–C–N with tert-alkyl or cyclic N) is 1. The number of piperidine rings is 1. The summed E-state index contributed by atoms with van der Waals surface area (Å²) < 4.78 is 7.17. The van der Waals surface area contributed by atoms with Gasteiger partial charge in [-0.15, -0.1) is 10.2 Å². The highest BCUT2D eigenvalue weighted by atomic mass is 32.2. The Kier molecular flexibility index (Phi) is 6.56. The molecule has 2 heterocycles. The van der Waals surface area contributed by atoms with Gasteiger partial charge in [-0.1, -0.05) is 18.7 Å². The number of rotatable bonds is 7. The van der Waals surface area contributed by atoms with Gasteiger partial charge in [0.25, 0.3) is 0 Å². The molecule has 1 aliphatic heterocycles. The number of nitrogens with zero attached hydrogens (tertiary/aromatic N) is 4. The molecule has 1 aliphatic rings. The Balaban J connectivity index is 1.54. The zero-order chi connectivity index (χ0) is 18.5. The van der Waals surface area contributed by atoms with Crippen molar-refractivity contribution in [3.8, 4) is 17.1 Å². The summed E-state index contributed by atoms with van der Waals surface area (Å²) in [6.45, 7) is 5.23. The first-order valence-electron chi connectivity index (χ1n) is 9.14. The Hall–Kier alpha value is -1.57. The van der Waals surface area contributed by atoms with Crippen molar-refractivity contribution < 1.29 is 9.84 Å². The molecule has 1 aromatic carbocycles. The molecule has 1 N–H and O–H groups in total. The number of likely N-dealkylation sites (tertiary alicyclic amines) is 1. The van der Waals surface area contributed by atoms with Crippen LogP contribution in [-0.4, -0.2) is 63.4 Å². The molecule has 1 unspecified atom stereocenters. The van der Waals surface area contributed by atoms with Crippen LogP contribution < -0.4 is 4.74 Å². The quantitative estimate of drug-likeness (QED) is 0.750. The molecule has 1 aromatic heterocycles. The second-order valence-electron chi connectivity index (χ2n) is 7.04. The lowest BCUT2D eigenvalue weighted by atomic mass is 9.99. The number of aliphatic hydroxyl groups is 1. The maximum atomic E-state index is 10.4. The van der Waals surface area contributed by atoms with Gasteiger partial charge in [0.2, 0.25) is 0 Å². The van der Waals surface area contributed by atoms with E-state index in [0.717, 1.165) is 47.8 Å². The van der Waals surface area contributed by atoms with Crippen molar-refractivity contribution in [2.24, 2.45) is 13.0 Å². The van der Waals surface area contributed by atoms with E-state index in [1.165, 1.54) is 12.8 Å². The van der Waals surface area contributed by atoms with Crippen LogP contribution in [0.25, 0.3) is 11.4 Å². The number of aromatic nitrogens is 3. The van der Waals surface area contributed by atoms with Crippen molar-refractivity contribution in [1.29, 1.82) is 0 Å². The zero-order valence-electron chi connectivity index (χ0n) is 15.8. The Morgan fingerprint density at radius 3 is 2.58 bits per heavy atom. The summed E-state index contributed by atoms with van der Waals surface area (Å²) in [5.41, 5.74) is 0.996. The van der Waals surface area contributed by atoms with Crippen molar-refractivity contribution in [1.82, 2.24) is 19.7 Å². The third-order valence-electron chi connectivity index (χ3n) is 4.93. The van der Waals surface area contributed by atoms with Crippen molar-refractivity contribution >= 4 is 11.8 Å². The smallest absolute Gasteiger partial charge is 0.191 e. The summed E-state index contributed by atoms with van der Waals surface area (Å²) in [6.07, 6.45) is 2.11. The highest BCUT2D eigenvalue weighted by molar-refractivity contribution is 7.99. The summed E-state index contributed by atoms with van der Waals surface area (Å²) in [7, 11) is 3.61. The Morgan fingerprint density at radius 1 is 1.23 bits per heavy atom. The molecular weight excluding hydrogens is 348 g/mol. The maximum absolute atomic E-state index is 10.4. The second-order valence-corrected chi connectivity index (χ2v) is 8.03. The summed E-state index contributed by atoms with van der Waals surface area (Å²) in [6, 6.07) is 7.78. The number of hydrogen-bond donors (Lipinski definition) is 1. The topological polar surface area (TPSA) is 63.4 Å². The number of ether oxygens (including phenoxy) is 1. The van der Waals surface area contributed by atoms with Gasteiger partial charge in [0.05, 0.1) is 13.2 Å². The Labute approximate surface area is 159 Å². The fraction of sp³-hybridized carbons (Fsp3) is 0.579. The van der Waals surface area contributed by atoms with Gasteiger partial charge in [-0.05, 0) is 56.1 Å². The van der Waals surface area contributed by atoms with Crippen LogP contribution in [0, 0.1) is 5.92 Å². The molecule has 1 atom stereocenters. The predicted molar refractivity (Wildman–Crippen MR) is 105 cm³/mol. The van der Waals surface area contributed by atoms with Crippen LogP contribution in [-0.2, 0) is 7.05 Å². The molecule has 6 nitrogen and oxygen atoms in total. The van der Waals surface area contributed by atoms with Gasteiger partial charge in [-0.2, -0.15) is 0 Å². The molecular formula is C19H28N4O2S. The van der Waals surface area contributed by atoms with Crippen LogP contribution in [0.3, 0.4) is 0 Å². The number of hydrogen-bond acceptors (Lipinski definition) is 6. The Morgan fingerprint density at radius 2 is 1.92 bits per heavy atom. The van der Waals surface area contributed by atoms with Crippen LogP contribution in [0.5, 0.6) is 5.75 Å². The minimum Gasteiger partial charge on any atom is -0.497 e. The monoisotopic (exact) mass is 376 g/mol. The minimum atomic E-state index is -0.352. The first-order valence-corrected chi connectivity index (χ1v) is 10.1. The summed E-state index contributed by atoms with van der Waals surface area (Å²) in [4.78, 5) is 2.37. The number of thioether (sulfide) groups is 1. The molecule has 0 spiro atoms. The molecule has 0 bridgehead atoms. The first kappa shape index (κ1) is 19.2. The van der Waals surface area contributed by atoms with Crippen LogP contribution in [0.4, 0.5) is 0 Å². The molecule has 0 radical (unpaired) electrons. The highest BCUT2D eigenvalue weighted by Crippen LogP contribution is 2.25. The molecule has 26 heavy (non-hydrogen) atoms. The maximum Gasteiger partial charge on any atom is 0.191 e. The van der Waals surface area contributed by atoms with E-state index in [4.69, 9.17) is 4.74 Å². The third kappa shape index (κ3) is 4.78. The van der Waals surface area contributed by atoms with Crippen molar-refractivity contribution in [2.45, 2.75) is 31.0 Å². The van der Waals surface area contributed by atoms with Crippen molar-refractivity contribution in [2.75, 3.05) is 32.5 Å². The largest absolute Gasteiger partial charge is 0.497 e. The van der Waals surface area contributed by atoms with E-state index in [2.05, 4.69) is 22.0 Å². The van der Waals surface area contributed by atoms with E-state index >= 15 is 0 Å². The summed E-state index contributed by atoms with van der Waals surface area (Å²) in [5, 5.41) is 19.8. The normalized spacial score (nSPS) is 17.4. The van der Waals surface area contributed by atoms with Gasteiger partial charge in [-0.25, -0.2) is 0 Å². The van der Waals surface area contributed by atoms with Crippen LogP contribution in [0.15, 0.2) is 29.4 Å². The number of benzene rings is 1. The van der Waals surface area contributed by atoms with E-state index in [-0.39, 0.29) is 6.10 Å². The van der Waals surface area contributed by atoms with E-state index in [1.54, 1.807) is 18.9 Å². The van der Waals surface area contributed by atoms with Crippen LogP contribution in [0.2, 0.25) is 0 Å². The second kappa shape index (κ2) is 8.88. The lowest BCUT2D eigenvalue weighted by Gasteiger charge is -2.31. The van der Waals surface area contributed by atoms with E-state index in [9.17, 15) is 5.11 Å². The lowest BCUT2D eigenvalue weighted by Crippen LogP contribution is -2.39. The van der Waals surface area contributed by atoms with Gasteiger partial charge < -0.3 is 19.3 Å². The minimum absolute atomic E-state index is 0.352. The Bertz CT molecular complexity index is 696. The third-order valence-corrected chi connectivity index (χ3v) is 6.10. The van der Waals surface area contributed by atoms with Gasteiger partial charge in [0, 0.05) is 24.9 Å². The first-order chi connectivity index (χ1) is 12.6. The van der Waals surface area contributed by atoms with E-state index in [0.29, 0.717) is 5.75 Å². The number of methoxy groups -OCH3 is 1. The lowest BCUT2D eigenvalue weighted by molar-refractivity contribution is 0.105. The predicted octanol–water partition coefficient (Wildman–Crippen LogP) is 2.68. The molecule has 1 fully saturated rings. The molecule has 1 saturated heterocycles. The highest BCUT2D eigenvalue weighted by Gasteiger charge is 2.19. The van der Waals surface area contributed by atoms with E-state index in [1.807, 2.05) is 35.9 Å². The molecule has 142 valence electrons. The summed E-state index contributed by atoms with van der Waals surface area (Å²) in [5.74, 6) is 3.07. The molecule has 0 saturated carbocycles. The molecule has 0 aliphatic carbocycles. The van der Waals surface area contributed by atoms with Gasteiger partial charge in [0.1, 0.15) is 5.75 Å². The summed E-state index contributed by atoms with van der Waals surface area (Å²) >= 11 is 1.56. The van der Waals surface area contributed by atoms with Crippen molar-refractivity contribution in [3.63, 3.8) is 0 Å². The van der Waals surface area contributed by atoms with Gasteiger partial charge in [0.15, 0.2) is 11.0 Å². The molecule has 2 aromatic rings. The average Bonchev–Trinajstić information content (AvgIpc) is 3.02. The zero-order valence-corrected chi connectivity index (χ0v) is 16.6. The fourth-order valence-corrected chi connectivity index (χ4v) is 4.02.